The van der Waals surface area contributed by atoms with Crippen molar-refractivity contribution in [2.24, 2.45) is 11.8 Å². The predicted molar refractivity (Wildman–Crippen MR) is 233 cm³/mol. The van der Waals surface area contributed by atoms with Gasteiger partial charge in [-0.3, -0.25) is 19.2 Å². The number of nitrogens with zero attached hydrogens (tertiary/aromatic N) is 2. The molecule has 0 unspecified atom stereocenters. The summed E-state index contributed by atoms with van der Waals surface area (Å²) >= 11 is 0. The molecule has 0 N–H and O–H groups in total. The second kappa shape index (κ2) is 32.6. The number of esters is 3. The van der Waals surface area contributed by atoms with E-state index in [0.717, 1.165) is 127 Å². The molecular weight excluding hydrogens is 761 g/mol. The van der Waals surface area contributed by atoms with Crippen LogP contribution in [0.5, 0.6) is 5.75 Å². The Morgan fingerprint density at radius 2 is 1.14 bits per heavy atom. The van der Waals surface area contributed by atoms with Crippen LogP contribution < -0.4 is 4.74 Å². The van der Waals surface area contributed by atoms with Gasteiger partial charge in [-0.15, -0.1) is 0 Å². The highest BCUT2D eigenvalue weighted by Gasteiger charge is 2.21. The summed E-state index contributed by atoms with van der Waals surface area (Å²) in [6, 6.07) is 7.11. The lowest BCUT2D eigenvalue weighted by atomic mass is 9.94. The number of likely N-dealkylation sites (tertiary alicyclic amines) is 2. The zero-order valence-corrected chi connectivity index (χ0v) is 36.8. The average Bonchev–Trinajstić information content (AvgIpc) is 3.21. The number of hydrogen-bond donors (Lipinski definition) is 0. The molecule has 10 nitrogen and oxygen atoms in total. The molecular formula is C45H74N2O8S2. The van der Waals surface area contributed by atoms with Gasteiger partial charge < -0.3 is 28.7 Å². The molecule has 0 aromatic heterocycles. The number of carbonyl (C=O) groups excluding carboxylic acids is 4. The summed E-state index contributed by atoms with van der Waals surface area (Å²) in [4.78, 5) is 52.2. The molecule has 0 saturated carbocycles. The standard InChI is InChI=1S/C45H74N2O8S2/c1-2-3-4-5-6-10-13-32-53-43(49)14-11-8-7-9-12-15-44(50)55-42-18-16-41(17-19-42)37-45(51)54-34-25-40-22-28-47(29-23-40)31-36-57-56-35-30-46-26-20-39(21-27-46)24-33-52-38-48/h16-19,38-40H,2-15,20-37H2,1H3. The summed E-state index contributed by atoms with van der Waals surface area (Å²) < 4.78 is 21.3. The molecule has 3 rings (SSSR count). The number of benzene rings is 1. The molecule has 12 heteroatoms. The van der Waals surface area contributed by atoms with Crippen molar-refractivity contribution in [1.29, 1.82) is 0 Å². The molecule has 324 valence electrons. The Balaban J connectivity index is 1.09. The molecule has 0 radical (unpaired) electrons. The first-order chi connectivity index (χ1) is 27.9. The van der Waals surface area contributed by atoms with Crippen LogP contribution in [0.25, 0.3) is 0 Å². The van der Waals surface area contributed by atoms with E-state index in [1.807, 2.05) is 33.7 Å². The van der Waals surface area contributed by atoms with Gasteiger partial charge in [-0.1, -0.05) is 98.4 Å². The Kier molecular flexibility index (Phi) is 28.0. The van der Waals surface area contributed by atoms with Crippen molar-refractivity contribution >= 4 is 46.0 Å². The third-order valence-corrected chi connectivity index (χ3v) is 13.6. The molecule has 1 aromatic carbocycles. The number of piperidine rings is 2. The first-order valence-electron chi connectivity index (χ1n) is 22.3. The van der Waals surface area contributed by atoms with Gasteiger partial charge in [-0.25, -0.2) is 0 Å². The summed E-state index contributed by atoms with van der Waals surface area (Å²) in [6.45, 7) is 11.2. The quantitative estimate of drug-likeness (QED) is 0.0168. The van der Waals surface area contributed by atoms with Crippen LogP contribution in [-0.2, 0) is 39.8 Å². The van der Waals surface area contributed by atoms with Gasteiger partial charge in [0.25, 0.3) is 6.47 Å². The Morgan fingerprint density at radius 1 is 0.632 bits per heavy atom. The minimum atomic E-state index is -0.255. The number of ether oxygens (including phenoxy) is 4. The van der Waals surface area contributed by atoms with Crippen LogP contribution in [0.15, 0.2) is 24.3 Å². The lowest BCUT2D eigenvalue weighted by molar-refractivity contribution is -0.144. The van der Waals surface area contributed by atoms with Crippen LogP contribution in [0.2, 0.25) is 0 Å². The van der Waals surface area contributed by atoms with E-state index >= 15 is 0 Å². The maximum atomic E-state index is 12.5. The number of carbonyl (C=O) groups is 4. The molecule has 57 heavy (non-hydrogen) atoms. The summed E-state index contributed by atoms with van der Waals surface area (Å²) in [5, 5.41) is 0. The maximum absolute atomic E-state index is 12.5. The fourth-order valence-corrected chi connectivity index (χ4v) is 9.59. The average molecular weight is 835 g/mol. The van der Waals surface area contributed by atoms with E-state index < -0.39 is 0 Å². The molecule has 0 amide bonds. The van der Waals surface area contributed by atoms with E-state index in [2.05, 4.69) is 16.7 Å². The normalized spacial score (nSPS) is 15.7. The monoisotopic (exact) mass is 834 g/mol. The molecule has 2 aliphatic rings. The zero-order valence-electron chi connectivity index (χ0n) is 35.1. The van der Waals surface area contributed by atoms with Crippen molar-refractivity contribution < 1.29 is 38.1 Å². The minimum absolute atomic E-state index is 0.0955. The topological polar surface area (TPSA) is 112 Å². The SMILES string of the molecule is CCCCCCCCCOC(=O)CCCCCCCC(=O)Oc1ccc(CC(=O)OCCC2CCN(CCSSCCN3CCC(CCOC=O)CC3)CC2)cc1. The largest absolute Gasteiger partial charge is 0.468 e. The van der Waals surface area contributed by atoms with Crippen molar-refractivity contribution in [2.75, 3.05) is 70.6 Å². The summed E-state index contributed by atoms with van der Waals surface area (Å²) in [5.41, 5.74) is 0.838. The molecule has 0 spiro atoms. The predicted octanol–water partition coefficient (Wildman–Crippen LogP) is 9.46. The van der Waals surface area contributed by atoms with Crippen molar-refractivity contribution in [2.45, 2.75) is 142 Å². The molecule has 2 heterocycles. The van der Waals surface area contributed by atoms with E-state index in [-0.39, 0.29) is 24.3 Å². The fraction of sp³-hybridized carbons (Fsp3) is 0.778. The Bertz CT molecular complexity index is 1210. The Labute approximate surface area is 352 Å². The molecule has 2 aliphatic heterocycles. The molecule has 1 aromatic rings. The van der Waals surface area contributed by atoms with Gasteiger partial charge >= 0.3 is 17.9 Å². The van der Waals surface area contributed by atoms with Gasteiger partial charge in [-0.05, 0) is 113 Å². The highest BCUT2D eigenvalue weighted by molar-refractivity contribution is 8.76. The summed E-state index contributed by atoms with van der Waals surface area (Å²) in [6.07, 6.45) is 20.6. The highest BCUT2D eigenvalue weighted by atomic mass is 33.1. The summed E-state index contributed by atoms with van der Waals surface area (Å²) in [7, 11) is 3.98. The Morgan fingerprint density at radius 3 is 1.72 bits per heavy atom. The van der Waals surface area contributed by atoms with E-state index in [1.165, 1.54) is 44.9 Å². The van der Waals surface area contributed by atoms with Gasteiger partial charge in [-0.2, -0.15) is 0 Å². The lowest BCUT2D eigenvalue weighted by Crippen LogP contribution is -2.35. The van der Waals surface area contributed by atoms with Gasteiger partial charge in [0.15, 0.2) is 0 Å². The van der Waals surface area contributed by atoms with Gasteiger partial charge in [0.05, 0.1) is 26.2 Å². The van der Waals surface area contributed by atoms with Crippen LogP contribution >= 0.6 is 21.6 Å². The zero-order chi connectivity index (χ0) is 40.6. The molecule has 0 bridgehead atoms. The smallest absolute Gasteiger partial charge is 0.311 e. The first kappa shape index (κ1) is 49.1. The van der Waals surface area contributed by atoms with E-state index in [0.29, 0.717) is 56.7 Å². The lowest BCUT2D eigenvalue weighted by Gasteiger charge is -2.32. The van der Waals surface area contributed by atoms with Gasteiger partial charge in [0.1, 0.15) is 5.75 Å². The third-order valence-electron chi connectivity index (χ3n) is 11.3. The van der Waals surface area contributed by atoms with Crippen LogP contribution in [0, 0.1) is 11.8 Å². The number of rotatable bonds is 33. The van der Waals surface area contributed by atoms with Crippen LogP contribution in [0.4, 0.5) is 0 Å². The van der Waals surface area contributed by atoms with E-state index in [9.17, 15) is 19.2 Å². The van der Waals surface area contributed by atoms with E-state index in [1.54, 1.807) is 12.1 Å². The summed E-state index contributed by atoms with van der Waals surface area (Å²) in [5.74, 6) is 3.52. The van der Waals surface area contributed by atoms with Gasteiger partial charge in [0.2, 0.25) is 0 Å². The van der Waals surface area contributed by atoms with Crippen LogP contribution in [0.3, 0.4) is 0 Å². The van der Waals surface area contributed by atoms with Crippen molar-refractivity contribution in [3.63, 3.8) is 0 Å². The molecule has 2 fully saturated rings. The first-order valence-corrected chi connectivity index (χ1v) is 24.8. The molecule has 2 saturated heterocycles. The molecule has 0 aliphatic carbocycles. The minimum Gasteiger partial charge on any atom is -0.468 e. The molecule has 0 atom stereocenters. The second-order valence-corrected chi connectivity index (χ2v) is 18.6. The van der Waals surface area contributed by atoms with Crippen molar-refractivity contribution in [1.82, 2.24) is 9.80 Å². The Hall–Kier alpha value is -2.28. The van der Waals surface area contributed by atoms with Crippen LogP contribution in [0.1, 0.15) is 141 Å². The van der Waals surface area contributed by atoms with Gasteiger partial charge in [0, 0.05) is 37.4 Å². The second-order valence-electron chi connectivity index (χ2n) is 15.9. The van der Waals surface area contributed by atoms with Crippen molar-refractivity contribution in [3.8, 4) is 5.75 Å². The van der Waals surface area contributed by atoms with E-state index in [4.69, 9.17) is 18.9 Å². The van der Waals surface area contributed by atoms with Crippen LogP contribution in [-0.4, -0.2) is 105 Å². The highest BCUT2D eigenvalue weighted by Crippen LogP contribution is 2.26. The number of unbranched alkanes of at least 4 members (excludes halogenated alkanes) is 10. The third kappa shape index (κ3) is 25.1. The van der Waals surface area contributed by atoms with Crippen molar-refractivity contribution in [3.05, 3.63) is 29.8 Å². The maximum Gasteiger partial charge on any atom is 0.311 e. The number of hydrogen-bond acceptors (Lipinski definition) is 12. The fourth-order valence-electron chi connectivity index (χ4n) is 7.53.